The van der Waals surface area contributed by atoms with Crippen LogP contribution in [0.15, 0.2) is 12.2 Å². The van der Waals surface area contributed by atoms with Gasteiger partial charge in [0.2, 0.25) is 0 Å². The minimum atomic E-state index is 0.386. The summed E-state index contributed by atoms with van der Waals surface area (Å²) in [5.41, 5.74) is 0. The largest absolute Gasteiger partial charge is 0.310 e. The van der Waals surface area contributed by atoms with Gasteiger partial charge in [0.25, 0.3) is 0 Å². The smallest absolute Gasteiger partial charge is 0.0622 e. The number of unbranched alkanes of at least 4 members (excludes halogenated alkanes) is 2. The fourth-order valence-electron chi connectivity index (χ4n) is 1.38. The van der Waals surface area contributed by atoms with Gasteiger partial charge >= 0.3 is 0 Å². The summed E-state index contributed by atoms with van der Waals surface area (Å²) in [6.07, 6.45) is 9.53. The van der Waals surface area contributed by atoms with Crippen LogP contribution in [0.5, 0.6) is 0 Å². The molecule has 0 aromatic heterocycles. The van der Waals surface area contributed by atoms with Gasteiger partial charge in [-0.05, 0) is 26.3 Å². The molecular formula is C12H22N2. The molecule has 1 N–H and O–H groups in total. The second-order valence-corrected chi connectivity index (χ2v) is 3.49. The van der Waals surface area contributed by atoms with Crippen molar-refractivity contribution in [2.45, 2.75) is 52.0 Å². The van der Waals surface area contributed by atoms with Crippen LogP contribution in [0.1, 0.15) is 46.0 Å². The van der Waals surface area contributed by atoms with Crippen molar-refractivity contribution in [2.24, 2.45) is 0 Å². The maximum atomic E-state index is 8.49. The summed E-state index contributed by atoms with van der Waals surface area (Å²) in [7, 11) is 0. The molecule has 0 aliphatic rings. The van der Waals surface area contributed by atoms with Crippen LogP contribution in [-0.4, -0.2) is 12.6 Å². The van der Waals surface area contributed by atoms with Crippen molar-refractivity contribution in [3.05, 3.63) is 12.2 Å². The van der Waals surface area contributed by atoms with Crippen LogP contribution >= 0.6 is 0 Å². The van der Waals surface area contributed by atoms with Crippen molar-refractivity contribution in [2.75, 3.05) is 6.54 Å². The Hall–Kier alpha value is -0.810. The Labute approximate surface area is 88.0 Å². The molecule has 14 heavy (non-hydrogen) atoms. The minimum Gasteiger partial charge on any atom is -0.310 e. The summed E-state index contributed by atoms with van der Waals surface area (Å²) in [5, 5.41) is 11.9. The normalized spacial score (nSPS) is 12.9. The summed E-state index contributed by atoms with van der Waals surface area (Å²) >= 11 is 0. The number of hydrogen-bond donors (Lipinski definition) is 1. The lowest BCUT2D eigenvalue weighted by molar-refractivity contribution is 0.537. The monoisotopic (exact) mass is 194 g/mol. The third-order valence-electron chi connectivity index (χ3n) is 2.18. The molecule has 0 aromatic rings. The van der Waals surface area contributed by atoms with E-state index in [-0.39, 0.29) is 0 Å². The third kappa shape index (κ3) is 7.82. The van der Waals surface area contributed by atoms with Gasteiger partial charge in [0, 0.05) is 12.5 Å². The molecule has 0 fully saturated rings. The Morgan fingerprint density at radius 3 is 2.79 bits per heavy atom. The molecule has 0 aliphatic heterocycles. The van der Waals surface area contributed by atoms with Gasteiger partial charge < -0.3 is 5.32 Å². The van der Waals surface area contributed by atoms with Gasteiger partial charge in [-0.3, -0.25) is 0 Å². The second-order valence-electron chi connectivity index (χ2n) is 3.49. The van der Waals surface area contributed by atoms with E-state index in [1.165, 1.54) is 19.3 Å². The molecule has 0 heterocycles. The first-order valence-electron chi connectivity index (χ1n) is 5.58. The van der Waals surface area contributed by atoms with E-state index < -0.39 is 0 Å². The van der Waals surface area contributed by atoms with E-state index in [9.17, 15) is 0 Å². The van der Waals surface area contributed by atoms with E-state index in [0.717, 1.165) is 13.0 Å². The molecule has 2 heteroatoms. The van der Waals surface area contributed by atoms with E-state index in [1.54, 1.807) is 0 Å². The molecule has 2 nitrogen and oxygen atoms in total. The second kappa shape index (κ2) is 10.3. The van der Waals surface area contributed by atoms with E-state index in [0.29, 0.717) is 12.5 Å². The van der Waals surface area contributed by atoms with Gasteiger partial charge in [0.05, 0.1) is 6.07 Å². The fraction of sp³-hybridized carbons (Fsp3) is 0.750. The zero-order valence-electron chi connectivity index (χ0n) is 9.42. The van der Waals surface area contributed by atoms with Crippen molar-refractivity contribution in [3.63, 3.8) is 0 Å². The third-order valence-corrected chi connectivity index (χ3v) is 2.18. The highest BCUT2D eigenvalue weighted by atomic mass is 14.9. The molecule has 0 spiro atoms. The van der Waals surface area contributed by atoms with Crippen LogP contribution in [0, 0.1) is 11.3 Å². The first kappa shape index (κ1) is 13.2. The quantitative estimate of drug-likeness (QED) is 0.476. The Kier molecular flexibility index (Phi) is 9.68. The number of hydrogen-bond acceptors (Lipinski definition) is 2. The molecular weight excluding hydrogens is 172 g/mol. The lowest BCUT2D eigenvalue weighted by Gasteiger charge is -2.12. The summed E-state index contributed by atoms with van der Waals surface area (Å²) in [5.74, 6) is 0. The zero-order valence-corrected chi connectivity index (χ0v) is 9.42. The Morgan fingerprint density at radius 2 is 2.21 bits per heavy atom. The number of nitriles is 1. The van der Waals surface area contributed by atoms with Crippen LogP contribution in [0.3, 0.4) is 0 Å². The summed E-state index contributed by atoms with van der Waals surface area (Å²) in [6, 6.07) is 2.57. The molecule has 0 aromatic carbocycles. The number of allylic oxidation sites excluding steroid dienone is 1. The maximum absolute atomic E-state index is 8.49. The topological polar surface area (TPSA) is 35.8 Å². The molecule has 0 saturated heterocycles. The molecule has 1 atom stereocenters. The molecule has 0 bridgehead atoms. The molecule has 1 unspecified atom stereocenters. The maximum Gasteiger partial charge on any atom is 0.0622 e. The molecule has 0 rings (SSSR count). The van der Waals surface area contributed by atoms with Gasteiger partial charge in [-0.1, -0.05) is 31.9 Å². The van der Waals surface area contributed by atoms with E-state index in [1.807, 2.05) is 6.92 Å². The summed E-state index contributed by atoms with van der Waals surface area (Å²) < 4.78 is 0. The van der Waals surface area contributed by atoms with Crippen LogP contribution < -0.4 is 5.32 Å². The number of nitrogens with zero attached hydrogens (tertiary/aromatic N) is 1. The van der Waals surface area contributed by atoms with Crippen molar-refractivity contribution in [3.8, 4) is 6.07 Å². The minimum absolute atomic E-state index is 0.386. The predicted octanol–water partition coefficient (Wildman–Crippen LogP) is 3.01. The average Bonchev–Trinajstić information content (AvgIpc) is 2.20. The molecule has 0 radical (unpaired) electrons. The standard InChI is InChI=1S/C12H22N2/c1-3-5-6-11-14-12(8-4-2)9-7-10-13/h4,8,12,14H,3,5-7,9,11H2,1-2H3/b8-4-. The van der Waals surface area contributed by atoms with Crippen molar-refractivity contribution >= 4 is 0 Å². The highest BCUT2D eigenvalue weighted by Gasteiger charge is 2.01. The van der Waals surface area contributed by atoms with Gasteiger partial charge in [-0.25, -0.2) is 0 Å². The lowest BCUT2D eigenvalue weighted by atomic mass is 10.1. The van der Waals surface area contributed by atoms with Gasteiger partial charge in [-0.2, -0.15) is 5.26 Å². The van der Waals surface area contributed by atoms with Crippen LogP contribution in [-0.2, 0) is 0 Å². The SMILES string of the molecule is C/C=C\C(CCC#N)NCCCCC. The molecule has 0 aliphatic carbocycles. The zero-order chi connectivity index (χ0) is 10.6. The first-order valence-corrected chi connectivity index (χ1v) is 5.58. The van der Waals surface area contributed by atoms with Crippen molar-refractivity contribution < 1.29 is 0 Å². The van der Waals surface area contributed by atoms with E-state index in [4.69, 9.17) is 5.26 Å². The van der Waals surface area contributed by atoms with E-state index >= 15 is 0 Å². The van der Waals surface area contributed by atoms with E-state index in [2.05, 4.69) is 30.5 Å². The molecule has 0 saturated carbocycles. The average molecular weight is 194 g/mol. The molecule has 0 amide bonds. The van der Waals surface area contributed by atoms with Crippen LogP contribution in [0.25, 0.3) is 0 Å². The number of rotatable bonds is 8. The summed E-state index contributed by atoms with van der Waals surface area (Å²) in [4.78, 5) is 0. The van der Waals surface area contributed by atoms with Crippen LogP contribution in [0.2, 0.25) is 0 Å². The van der Waals surface area contributed by atoms with Crippen molar-refractivity contribution in [1.82, 2.24) is 5.32 Å². The lowest BCUT2D eigenvalue weighted by Crippen LogP contribution is -2.27. The highest BCUT2D eigenvalue weighted by Crippen LogP contribution is 1.99. The Morgan fingerprint density at radius 1 is 1.43 bits per heavy atom. The van der Waals surface area contributed by atoms with Gasteiger partial charge in [-0.15, -0.1) is 0 Å². The predicted molar refractivity (Wildman–Crippen MR) is 61.0 cm³/mol. The van der Waals surface area contributed by atoms with Gasteiger partial charge in [0.15, 0.2) is 0 Å². The number of nitrogens with one attached hydrogen (secondary N) is 1. The Balaban J connectivity index is 3.57. The Bertz CT molecular complexity index is 179. The highest BCUT2D eigenvalue weighted by molar-refractivity contribution is 4.92. The van der Waals surface area contributed by atoms with Crippen LogP contribution in [0.4, 0.5) is 0 Å². The van der Waals surface area contributed by atoms with Gasteiger partial charge in [0.1, 0.15) is 0 Å². The summed E-state index contributed by atoms with van der Waals surface area (Å²) in [6.45, 7) is 5.29. The molecule has 80 valence electrons. The fourth-order valence-corrected chi connectivity index (χ4v) is 1.38. The first-order chi connectivity index (χ1) is 6.85. The van der Waals surface area contributed by atoms with Crippen molar-refractivity contribution in [1.29, 1.82) is 5.26 Å².